The molecule has 8 heteroatoms. The van der Waals surface area contributed by atoms with E-state index in [0.717, 1.165) is 23.0 Å². The molecule has 1 N–H and O–H groups in total. The average molecular weight is 413 g/mol. The molecule has 7 nitrogen and oxygen atoms in total. The Morgan fingerprint density at radius 3 is 2.34 bits per heavy atom. The van der Waals surface area contributed by atoms with Crippen molar-refractivity contribution in [2.24, 2.45) is 0 Å². The van der Waals surface area contributed by atoms with Gasteiger partial charge in [0, 0.05) is 12.1 Å². The maximum atomic E-state index is 12.9. The molecule has 0 aliphatic heterocycles. The number of fused-ring (bicyclic) bond motifs is 1. The monoisotopic (exact) mass is 413 g/mol. The van der Waals surface area contributed by atoms with Crippen molar-refractivity contribution in [1.82, 2.24) is 13.9 Å². The van der Waals surface area contributed by atoms with Crippen LogP contribution in [0, 0.1) is 0 Å². The number of aromatic nitrogens is 2. The van der Waals surface area contributed by atoms with Gasteiger partial charge in [-0.2, -0.15) is 0 Å². The highest BCUT2D eigenvalue weighted by molar-refractivity contribution is 7.89. The van der Waals surface area contributed by atoms with Crippen molar-refractivity contribution in [2.45, 2.75) is 50.2 Å². The Bertz CT molecular complexity index is 1300. The van der Waals surface area contributed by atoms with Gasteiger partial charge in [-0.25, -0.2) is 17.9 Å². The van der Waals surface area contributed by atoms with Gasteiger partial charge in [0.25, 0.3) is 5.56 Å². The summed E-state index contributed by atoms with van der Waals surface area (Å²) in [6.45, 7) is 4.07. The molecule has 1 saturated carbocycles. The zero-order chi connectivity index (χ0) is 20.8. The predicted molar refractivity (Wildman–Crippen MR) is 112 cm³/mol. The van der Waals surface area contributed by atoms with E-state index in [-0.39, 0.29) is 16.8 Å². The fourth-order valence-corrected chi connectivity index (χ4v) is 4.93. The molecule has 29 heavy (non-hydrogen) atoms. The topological polar surface area (TPSA) is 90.2 Å². The number of hydrogen-bond acceptors (Lipinski definition) is 4. The Labute approximate surface area is 168 Å². The van der Waals surface area contributed by atoms with Gasteiger partial charge in [0.2, 0.25) is 10.0 Å². The number of benzene rings is 2. The molecule has 1 heterocycles. The van der Waals surface area contributed by atoms with E-state index in [2.05, 4.69) is 4.72 Å². The number of nitrogens with zero attached hydrogens (tertiary/aromatic N) is 2. The standard InChI is InChI=1S/C21H23N3O4S/c1-3-23-19(25)17-13-16(29(27,28)22-21(2)11-12-21)9-10-18(17)24(20(23)26)14-15-7-5-4-6-8-15/h4-10,13,22H,3,11-12,14H2,1-2H3. The van der Waals surface area contributed by atoms with Crippen molar-refractivity contribution in [2.75, 3.05) is 0 Å². The third kappa shape index (κ3) is 3.65. The number of sulfonamides is 1. The maximum Gasteiger partial charge on any atom is 0.331 e. The lowest BCUT2D eigenvalue weighted by Crippen LogP contribution is -2.40. The molecule has 4 rings (SSSR count). The molecule has 1 aromatic heterocycles. The second kappa shape index (κ2) is 6.96. The van der Waals surface area contributed by atoms with Crippen molar-refractivity contribution in [3.05, 3.63) is 74.9 Å². The lowest BCUT2D eigenvalue weighted by molar-refractivity contribution is 0.558. The molecule has 0 saturated heterocycles. The number of nitrogens with one attached hydrogen (secondary N) is 1. The zero-order valence-corrected chi connectivity index (χ0v) is 17.2. The molecule has 0 unspecified atom stereocenters. The van der Waals surface area contributed by atoms with Crippen molar-refractivity contribution >= 4 is 20.9 Å². The van der Waals surface area contributed by atoms with Gasteiger partial charge in [-0.05, 0) is 50.5 Å². The van der Waals surface area contributed by atoms with E-state index < -0.39 is 26.8 Å². The summed E-state index contributed by atoms with van der Waals surface area (Å²) in [7, 11) is -3.75. The maximum absolute atomic E-state index is 12.9. The molecule has 2 aromatic carbocycles. The first-order valence-corrected chi connectivity index (χ1v) is 11.1. The van der Waals surface area contributed by atoms with Crippen LogP contribution in [0.5, 0.6) is 0 Å². The van der Waals surface area contributed by atoms with Crippen molar-refractivity contribution in [3.63, 3.8) is 0 Å². The first-order valence-electron chi connectivity index (χ1n) is 9.59. The van der Waals surface area contributed by atoms with Crippen LogP contribution in [-0.2, 0) is 23.1 Å². The highest BCUT2D eigenvalue weighted by Crippen LogP contribution is 2.36. The van der Waals surface area contributed by atoms with Crippen LogP contribution in [0.3, 0.4) is 0 Å². The van der Waals surface area contributed by atoms with Crippen molar-refractivity contribution in [3.8, 4) is 0 Å². The van der Waals surface area contributed by atoms with Gasteiger partial charge in [-0.3, -0.25) is 13.9 Å². The normalized spacial score (nSPS) is 15.5. The van der Waals surface area contributed by atoms with Crippen LogP contribution < -0.4 is 16.0 Å². The van der Waals surface area contributed by atoms with Gasteiger partial charge in [0.15, 0.2) is 0 Å². The third-order valence-electron chi connectivity index (χ3n) is 5.39. The molecule has 0 spiro atoms. The van der Waals surface area contributed by atoms with E-state index in [1.54, 1.807) is 13.0 Å². The lowest BCUT2D eigenvalue weighted by Gasteiger charge is -2.16. The van der Waals surface area contributed by atoms with Gasteiger partial charge in [0.05, 0.1) is 22.3 Å². The van der Waals surface area contributed by atoms with Gasteiger partial charge in [-0.1, -0.05) is 30.3 Å². The number of hydrogen-bond donors (Lipinski definition) is 1. The Morgan fingerprint density at radius 1 is 1.03 bits per heavy atom. The van der Waals surface area contributed by atoms with Gasteiger partial charge in [0.1, 0.15) is 0 Å². The van der Waals surface area contributed by atoms with Gasteiger partial charge in [-0.15, -0.1) is 0 Å². The summed E-state index contributed by atoms with van der Waals surface area (Å²) in [6.07, 6.45) is 1.58. The lowest BCUT2D eigenvalue weighted by atomic mass is 10.2. The fourth-order valence-electron chi connectivity index (χ4n) is 3.44. The Kier molecular flexibility index (Phi) is 4.71. The Balaban J connectivity index is 1.90. The molecule has 0 amide bonds. The van der Waals surface area contributed by atoms with E-state index in [1.807, 2.05) is 37.3 Å². The minimum absolute atomic E-state index is 0.0304. The van der Waals surface area contributed by atoms with Crippen molar-refractivity contribution < 1.29 is 8.42 Å². The Morgan fingerprint density at radius 2 is 1.72 bits per heavy atom. The average Bonchev–Trinajstić information content (AvgIpc) is 3.41. The first-order chi connectivity index (χ1) is 13.7. The van der Waals surface area contributed by atoms with Crippen LogP contribution >= 0.6 is 0 Å². The third-order valence-corrected chi connectivity index (χ3v) is 7.02. The van der Waals surface area contributed by atoms with E-state index in [9.17, 15) is 18.0 Å². The molecule has 1 aliphatic rings. The molecule has 152 valence electrons. The molecule has 3 aromatic rings. The largest absolute Gasteiger partial charge is 0.331 e. The van der Waals surface area contributed by atoms with Gasteiger partial charge >= 0.3 is 5.69 Å². The smallest absolute Gasteiger partial charge is 0.289 e. The summed E-state index contributed by atoms with van der Waals surface area (Å²) in [5, 5.41) is 0.214. The SMILES string of the molecule is CCn1c(=O)c2cc(S(=O)(=O)NC3(C)CC3)ccc2n(Cc2ccccc2)c1=O. The molecule has 0 radical (unpaired) electrons. The highest BCUT2D eigenvalue weighted by Gasteiger charge is 2.41. The molecule has 1 aliphatic carbocycles. The second-order valence-electron chi connectivity index (χ2n) is 7.75. The van der Waals surface area contributed by atoms with Crippen LogP contribution in [-0.4, -0.2) is 23.1 Å². The molecule has 0 bridgehead atoms. The molecular weight excluding hydrogens is 390 g/mol. The summed E-state index contributed by atoms with van der Waals surface area (Å²) >= 11 is 0. The highest BCUT2D eigenvalue weighted by atomic mass is 32.2. The summed E-state index contributed by atoms with van der Waals surface area (Å²) < 4.78 is 30.9. The molecule has 1 fully saturated rings. The molecule has 0 atom stereocenters. The van der Waals surface area contributed by atoms with Crippen LogP contribution in [0.2, 0.25) is 0 Å². The molecular formula is C21H23N3O4S. The van der Waals surface area contributed by atoms with E-state index in [4.69, 9.17) is 0 Å². The predicted octanol–water partition coefficient (Wildman–Crippen LogP) is 2.06. The van der Waals surface area contributed by atoms with E-state index >= 15 is 0 Å². The minimum atomic E-state index is -3.75. The number of rotatable bonds is 6. The van der Waals surface area contributed by atoms with Crippen LogP contribution in [0.1, 0.15) is 32.3 Å². The van der Waals surface area contributed by atoms with Gasteiger partial charge < -0.3 is 0 Å². The first kappa shape index (κ1) is 19.6. The van der Waals surface area contributed by atoms with Crippen LogP contribution in [0.25, 0.3) is 10.9 Å². The summed E-state index contributed by atoms with van der Waals surface area (Å²) in [6, 6.07) is 13.8. The minimum Gasteiger partial charge on any atom is -0.289 e. The van der Waals surface area contributed by atoms with E-state index in [0.29, 0.717) is 12.1 Å². The van der Waals surface area contributed by atoms with Crippen LogP contribution in [0.4, 0.5) is 0 Å². The summed E-state index contributed by atoms with van der Waals surface area (Å²) in [4.78, 5) is 25.8. The summed E-state index contributed by atoms with van der Waals surface area (Å²) in [5.41, 5.74) is 0.0331. The van der Waals surface area contributed by atoms with E-state index in [1.165, 1.54) is 16.7 Å². The quantitative estimate of drug-likeness (QED) is 0.670. The van der Waals surface area contributed by atoms with Crippen LogP contribution in [0.15, 0.2) is 63.0 Å². The second-order valence-corrected chi connectivity index (χ2v) is 9.43. The zero-order valence-electron chi connectivity index (χ0n) is 16.4. The fraction of sp³-hybridized carbons (Fsp3) is 0.333. The Hall–Kier alpha value is -2.71. The van der Waals surface area contributed by atoms with Crippen molar-refractivity contribution in [1.29, 1.82) is 0 Å². The summed E-state index contributed by atoms with van der Waals surface area (Å²) in [5.74, 6) is 0.